The van der Waals surface area contributed by atoms with Gasteiger partial charge in [0.25, 0.3) is 5.91 Å². The molecule has 1 aromatic heterocycles. The Hall–Kier alpha value is -4.09. The third kappa shape index (κ3) is 7.10. The summed E-state index contributed by atoms with van der Waals surface area (Å²) in [7, 11) is -3.33. The van der Waals surface area contributed by atoms with E-state index in [2.05, 4.69) is 31.5 Å². The molecule has 2 amide bonds. The van der Waals surface area contributed by atoms with Gasteiger partial charge in [0.05, 0.1) is 21.2 Å². The van der Waals surface area contributed by atoms with Crippen LogP contribution < -0.4 is 10.6 Å². The van der Waals surface area contributed by atoms with E-state index in [1.54, 1.807) is 63.2 Å². The lowest BCUT2D eigenvalue weighted by Gasteiger charge is -2.21. The standard InChI is InChI=1S/C29H26BrFN4O4S/c1-29(2,3)39-28(37)35-24-14-8-20(18-4-9-21(31)10-5-18)16-25(24)34-27(36)19-6-11-22(12-7-19)40(32,38)23-13-15-26(30)33-17-23/h4-17,32H,1-3H3,(H,34,36)(H,35,37). The van der Waals surface area contributed by atoms with Gasteiger partial charge in [-0.1, -0.05) is 18.2 Å². The van der Waals surface area contributed by atoms with Gasteiger partial charge in [-0.3, -0.25) is 10.1 Å². The van der Waals surface area contributed by atoms with Crippen LogP contribution in [0.5, 0.6) is 0 Å². The van der Waals surface area contributed by atoms with Crippen molar-refractivity contribution >= 4 is 49.0 Å². The third-order valence-corrected chi connectivity index (χ3v) is 7.87. The van der Waals surface area contributed by atoms with E-state index in [1.807, 2.05) is 0 Å². The van der Waals surface area contributed by atoms with E-state index in [1.165, 1.54) is 42.6 Å². The van der Waals surface area contributed by atoms with Gasteiger partial charge in [0.1, 0.15) is 25.8 Å². The minimum absolute atomic E-state index is 0.221. The molecule has 0 aliphatic heterocycles. The first-order valence-corrected chi connectivity index (χ1v) is 14.4. The van der Waals surface area contributed by atoms with Crippen LogP contribution in [0.15, 0.2) is 99.5 Å². The van der Waals surface area contributed by atoms with Crippen LogP contribution in [0.4, 0.5) is 20.6 Å². The molecule has 1 atom stereocenters. The Labute approximate surface area is 240 Å². The van der Waals surface area contributed by atoms with Crippen molar-refractivity contribution in [3.05, 3.63) is 101 Å². The average molecular weight is 626 g/mol. The van der Waals surface area contributed by atoms with Crippen molar-refractivity contribution < 1.29 is 22.9 Å². The number of ether oxygens (including phenoxy) is 1. The number of pyridine rings is 1. The van der Waals surface area contributed by atoms with Crippen LogP contribution in [-0.4, -0.2) is 26.8 Å². The largest absolute Gasteiger partial charge is 0.444 e. The Balaban J connectivity index is 1.61. The van der Waals surface area contributed by atoms with Gasteiger partial charge in [0.15, 0.2) is 0 Å². The summed E-state index contributed by atoms with van der Waals surface area (Å²) in [4.78, 5) is 30.2. The number of carbonyl (C=O) groups excluding carboxylic acids is 2. The number of hydrogen-bond donors (Lipinski definition) is 3. The van der Waals surface area contributed by atoms with Crippen LogP contribution in [-0.2, 0) is 14.5 Å². The van der Waals surface area contributed by atoms with Crippen molar-refractivity contribution in [2.24, 2.45) is 0 Å². The number of rotatable bonds is 6. The maximum Gasteiger partial charge on any atom is 0.412 e. The summed E-state index contributed by atoms with van der Waals surface area (Å²) in [5.41, 5.74) is 1.47. The highest BCUT2D eigenvalue weighted by Crippen LogP contribution is 2.31. The molecular weight excluding hydrogens is 599 g/mol. The van der Waals surface area contributed by atoms with E-state index < -0.39 is 27.3 Å². The van der Waals surface area contributed by atoms with Gasteiger partial charge in [0.2, 0.25) is 0 Å². The van der Waals surface area contributed by atoms with E-state index in [-0.39, 0.29) is 26.9 Å². The first kappa shape index (κ1) is 28.9. The molecular formula is C29H26BrFN4O4S. The molecule has 0 saturated heterocycles. The van der Waals surface area contributed by atoms with E-state index in [9.17, 15) is 18.2 Å². The molecule has 8 nitrogen and oxygen atoms in total. The molecule has 0 spiro atoms. The number of benzene rings is 3. The second-order valence-corrected chi connectivity index (χ2v) is 12.6. The van der Waals surface area contributed by atoms with Crippen LogP contribution in [0.25, 0.3) is 11.1 Å². The van der Waals surface area contributed by atoms with Crippen molar-refractivity contribution in [1.82, 2.24) is 4.98 Å². The van der Waals surface area contributed by atoms with Crippen LogP contribution >= 0.6 is 15.9 Å². The summed E-state index contributed by atoms with van der Waals surface area (Å²) in [6.07, 6.45) is 0.669. The fraction of sp³-hybridized carbons (Fsp3) is 0.138. The fourth-order valence-electron chi connectivity index (χ4n) is 3.65. The molecule has 1 unspecified atom stereocenters. The number of halogens is 2. The number of hydrogen-bond acceptors (Lipinski definition) is 6. The molecule has 0 saturated carbocycles. The minimum atomic E-state index is -3.33. The average Bonchev–Trinajstić information content (AvgIpc) is 2.89. The van der Waals surface area contributed by atoms with Crippen LogP contribution in [0, 0.1) is 10.6 Å². The van der Waals surface area contributed by atoms with Gasteiger partial charge in [-0.15, -0.1) is 0 Å². The van der Waals surface area contributed by atoms with Gasteiger partial charge >= 0.3 is 6.09 Å². The van der Waals surface area contributed by atoms with Crippen molar-refractivity contribution in [2.45, 2.75) is 36.2 Å². The number of carbonyl (C=O) groups is 2. The molecule has 40 heavy (non-hydrogen) atoms. The zero-order valence-electron chi connectivity index (χ0n) is 21.8. The zero-order chi connectivity index (χ0) is 29.1. The number of amides is 2. The first-order chi connectivity index (χ1) is 18.8. The predicted molar refractivity (Wildman–Crippen MR) is 155 cm³/mol. The maximum atomic E-state index is 13.4. The Morgan fingerprint density at radius 2 is 1.50 bits per heavy atom. The highest BCUT2D eigenvalue weighted by molar-refractivity contribution is 9.10. The molecule has 4 aromatic rings. The molecule has 11 heteroatoms. The molecule has 0 aliphatic carbocycles. The highest BCUT2D eigenvalue weighted by Gasteiger charge is 2.19. The second-order valence-electron chi connectivity index (χ2n) is 9.75. The van der Waals surface area contributed by atoms with Gasteiger partial charge in [-0.2, -0.15) is 0 Å². The van der Waals surface area contributed by atoms with Gasteiger partial charge in [0, 0.05) is 11.8 Å². The van der Waals surface area contributed by atoms with Crippen molar-refractivity contribution in [3.8, 4) is 11.1 Å². The molecule has 206 valence electrons. The first-order valence-electron chi connectivity index (χ1n) is 12.0. The SMILES string of the molecule is CC(C)(C)OC(=O)Nc1ccc(-c2ccc(F)cc2)cc1NC(=O)c1ccc(S(=N)(=O)c2ccc(Br)nc2)cc1. The maximum absolute atomic E-state index is 13.4. The summed E-state index contributed by atoms with van der Waals surface area (Å²) in [5, 5.41) is 5.45. The third-order valence-electron chi connectivity index (χ3n) is 5.56. The van der Waals surface area contributed by atoms with Crippen molar-refractivity contribution in [2.75, 3.05) is 10.6 Å². The molecule has 0 fully saturated rings. The topological polar surface area (TPSA) is 121 Å². The number of anilines is 2. The Kier molecular flexibility index (Phi) is 8.36. The molecule has 3 aromatic carbocycles. The number of nitrogens with zero attached hydrogens (tertiary/aromatic N) is 1. The van der Waals surface area contributed by atoms with Crippen LogP contribution in [0.2, 0.25) is 0 Å². The van der Waals surface area contributed by atoms with E-state index in [4.69, 9.17) is 9.52 Å². The van der Waals surface area contributed by atoms with E-state index in [0.29, 0.717) is 21.4 Å². The quantitative estimate of drug-likeness (QED) is 0.190. The van der Waals surface area contributed by atoms with Crippen LogP contribution in [0.1, 0.15) is 31.1 Å². The number of aromatic nitrogens is 1. The smallest absolute Gasteiger partial charge is 0.412 e. The van der Waals surface area contributed by atoms with Crippen molar-refractivity contribution in [3.63, 3.8) is 0 Å². The molecule has 1 heterocycles. The highest BCUT2D eigenvalue weighted by atomic mass is 79.9. The second kappa shape index (κ2) is 11.6. The fourth-order valence-corrected chi connectivity index (χ4v) is 5.14. The van der Waals surface area contributed by atoms with E-state index in [0.717, 1.165) is 0 Å². The Morgan fingerprint density at radius 3 is 2.10 bits per heavy atom. The summed E-state index contributed by atoms with van der Waals surface area (Å²) < 4.78 is 40.9. The summed E-state index contributed by atoms with van der Waals surface area (Å²) in [6.45, 7) is 5.21. The molecule has 4 rings (SSSR count). The number of nitrogens with one attached hydrogen (secondary N) is 3. The lowest BCUT2D eigenvalue weighted by atomic mass is 10.0. The van der Waals surface area contributed by atoms with Gasteiger partial charge in [-0.05, 0) is 108 Å². The normalized spacial score (nSPS) is 12.7. The lowest BCUT2D eigenvalue weighted by molar-refractivity contribution is 0.0635. The molecule has 0 radical (unpaired) electrons. The summed E-state index contributed by atoms with van der Waals surface area (Å²) in [5.74, 6) is -0.881. The van der Waals surface area contributed by atoms with Gasteiger partial charge in [-0.25, -0.2) is 23.2 Å². The minimum Gasteiger partial charge on any atom is -0.444 e. The predicted octanol–water partition coefficient (Wildman–Crippen LogP) is 7.71. The van der Waals surface area contributed by atoms with Crippen LogP contribution in [0.3, 0.4) is 0 Å². The lowest BCUT2D eigenvalue weighted by Crippen LogP contribution is -2.27. The summed E-state index contributed by atoms with van der Waals surface area (Å²) >= 11 is 3.22. The molecule has 3 N–H and O–H groups in total. The van der Waals surface area contributed by atoms with Gasteiger partial charge < -0.3 is 10.1 Å². The van der Waals surface area contributed by atoms with E-state index >= 15 is 0 Å². The summed E-state index contributed by atoms with van der Waals surface area (Å²) in [6, 6.07) is 19.9. The Morgan fingerprint density at radius 1 is 0.875 bits per heavy atom. The monoisotopic (exact) mass is 624 g/mol. The molecule has 0 aliphatic rings. The Bertz CT molecular complexity index is 1650. The van der Waals surface area contributed by atoms with Crippen molar-refractivity contribution in [1.29, 1.82) is 4.78 Å². The molecule has 0 bridgehead atoms. The zero-order valence-corrected chi connectivity index (χ0v) is 24.2.